The Morgan fingerprint density at radius 2 is 2.28 bits per heavy atom. The highest BCUT2D eigenvalue weighted by Gasteiger charge is 2.27. The summed E-state index contributed by atoms with van der Waals surface area (Å²) in [5.41, 5.74) is 2.33. The van der Waals surface area contributed by atoms with Gasteiger partial charge in [-0.25, -0.2) is 0 Å². The number of aliphatic hydroxyl groups is 1. The van der Waals surface area contributed by atoms with E-state index in [4.69, 9.17) is 0 Å². The van der Waals surface area contributed by atoms with E-state index in [2.05, 4.69) is 23.2 Å². The fourth-order valence-electron chi connectivity index (χ4n) is 2.48. The van der Waals surface area contributed by atoms with Gasteiger partial charge in [0.05, 0.1) is 12.5 Å². The molecule has 1 amide bonds. The van der Waals surface area contributed by atoms with E-state index < -0.39 is 6.10 Å². The molecule has 1 atom stereocenters. The lowest BCUT2D eigenvalue weighted by Crippen LogP contribution is -2.28. The van der Waals surface area contributed by atoms with Crippen LogP contribution in [0.5, 0.6) is 0 Å². The quantitative estimate of drug-likeness (QED) is 0.855. The number of aromatic nitrogens is 1. The molecule has 0 saturated carbocycles. The number of hydrogen-bond donors (Lipinski definition) is 2. The molecule has 0 radical (unpaired) electrons. The summed E-state index contributed by atoms with van der Waals surface area (Å²) in [6.07, 6.45) is 2.54. The summed E-state index contributed by atoms with van der Waals surface area (Å²) >= 11 is 0. The smallest absolute Gasteiger partial charge is 0.225 e. The van der Waals surface area contributed by atoms with Gasteiger partial charge in [0, 0.05) is 24.8 Å². The number of benzene rings is 1. The molecule has 2 heterocycles. The van der Waals surface area contributed by atoms with E-state index in [0.29, 0.717) is 13.1 Å². The first-order chi connectivity index (χ1) is 8.72. The van der Waals surface area contributed by atoms with Crippen molar-refractivity contribution in [2.24, 2.45) is 0 Å². The molecule has 94 valence electrons. The molecule has 0 spiro atoms. The van der Waals surface area contributed by atoms with Crippen LogP contribution in [-0.4, -0.2) is 40.1 Å². The van der Waals surface area contributed by atoms with Crippen molar-refractivity contribution in [2.75, 3.05) is 13.1 Å². The van der Waals surface area contributed by atoms with E-state index in [0.717, 1.165) is 11.9 Å². The second-order valence-electron chi connectivity index (χ2n) is 4.85. The number of hydrogen-bond acceptors (Lipinski definition) is 2. The van der Waals surface area contributed by atoms with E-state index >= 15 is 0 Å². The highest BCUT2D eigenvalue weighted by molar-refractivity contribution is 5.80. The van der Waals surface area contributed by atoms with Gasteiger partial charge in [-0.3, -0.25) is 4.79 Å². The molecule has 4 nitrogen and oxygen atoms in total. The van der Waals surface area contributed by atoms with Gasteiger partial charge in [0.2, 0.25) is 5.91 Å². The number of amides is 1. The summed E-state index contributed by atoms with van der Waals surface area (Å²) in [7, 11) is 0. The third-order valence-corrected chi connectivity index (χ3v) is 3.48. The molecule has 1 saturated heterocycles. The molecule has 1 aromatic heterocycles. The second-order valence-corrected chi connectivity index (χ2v) is 4.85. The number of H-pyrrole nitrogens is 1. The molecule has 2 N–H and O–H groups in total. The van der Waals surface area contributed by atoms with E-state index in [1.807, 2.05) is 12.3 Å². The Morgan fingerprint density at radius 3 is 3.06 bits per heavy atom. The summed E-state index contributed by atoms with van der Waals surface area (Å²) in [6, 6.07) is 8.33. The average Bonchev–Trinajstić information content (AvgIpc) is 2.92. The fraction of sp³-hybridized carbons (Fsp3) is 0.357. The third-order valence-electron chi connectivity index (χ3n) is 3.48. The van der Waals surface area contributed by atoms with E-state index in [-0.39, 0.29) is 12.3 Å². The Labute approximate surface area is 105 Å². The minimum atomic E-state index is -0.483. The van der Waals surface area contributed by atoms with Crippen LogP contribution in [-0.2, 0) is 11.2 Å². The first kappa shape index (κ1) is 11.3. The molecular formula is C14H16N2O2. The number of fused-ring (bicyclic) bond motifs is 1. The number of likely N-dealkylation sites (tertiary alicyclic amines) is 1. The standard InChI is InChI=1S/C14H16N2O2/c17-12-8-14(18)16(9-12)6-4-10-1-2-11-3-5-15-13(11)7-10/h1-3,5,7,12,15,17H,4,6,8-9H2. The lowest BCUT2D eigenvalue weighted by molar-refractivity contribution is -0.127. The van der Waals surface area contributed by atoms with Crippen LogP contribution < -0.4 is 0 Å². The largest absolute Gasteiger partial charge is 0.391 e. The Balaban J connectivity index is 1.67. The Bertz CT molecular complexity index is 576. The molecule has 18 heavy (non-hydrogen) atoms. The third kappa shape index (κ3) is 2.11. The summed E-state index contributed by atoms with van der Waals surface area (Å²) < 4.78 is 0. The van der Waals surface area contributed by atoms with Gasteiger partial charge in [-0.05, 0) is 29.5 Å². The van der Waals surface area contributed by atoms with Gasteiger partial charge in [0.25, 0.3) is 0 Å². The molecule has 1 aliphatic heterocycles. The normalized spacial score (nSPS) is 19.9. The SMILES string of the molecule is O=C1CC(O)CN1CCc1ccc2cc[nH]c2c1. The van der Waals surface area contributed by atoms with E-state index in [9.17, 15) is 9.90 Å². The Kier molecular flexibility index (Phi) is 2.80. The first-order valence-corrected chi connectivity index (χ1v) is 6.24. The molecular weight excluding hydrogens is 228 g/mol. The van der Waals surface area contributed by atoms with Crippen molar-refractivity contribution in [3.63, 3.8) is 0 Å². The van der Waals surface area contributed by atoms with Crippen LogP contribution >= 0.6 is 0 Å². The van der Waals surface area contributed by atoms with E-state index in [1.54, 1.807) is 4.90 Å². The highest BCUT2D eigenvalue weighted by Crippen LogP contribution is 2.16. The molecule has 1 aromatic carbocycles. The van der Waals surface area contributed by atoms with Crippen LogP contribution in [0.1, 0.15) is 12.0 Å². The molecule has 2 aromatic rings. The molecule has 1 unspecified atom stereocenters. The maximum Gasteiger partial charge on any atom is 0.225 e. The number of carbonyl (C=O) groups excluding carboxylic acids is 1. The van der Waals surface area contributed by atoms with Gasteiger partial charge in [-0.2, -0.15) is 0 Å². The van der Waals surface area contributed by atoms with Crippen LogP contribution in [0.15, 0.2) is 30.5 Å². The molecule has 4 heteroatoms. The number of aromatic amines is 1. The Hall–Kier alpha value is -1.81. The number of aliphatic hydroxyl groups excluding tert-OH is 1. The number of nitrogens with zero attached hydrogens (tertiary/aromatic N) is 1. The molecule has 1 fully saturated rings. The number of rotatable bonds is 3. The van der Waals surface area contributed by atoms with Gasteiger partial charge < -0.3 is 15.0 Å². The van der Waals surface area contributed by atoms with Crippen LogP contribution in [0.4, 0.5) is 0 Å². The van der Waals surface area contributed by atoms with Crippen LogP contribution in [0.25, 0.3) is 10.9 Å². The van der Waals surface area contributed by atoms with Crippen molar-refractivity contribution in [3.8, 4) is 0 Å². The number of β-amino-alcohol motifs (C(OH)–C–C–N with tert-alkyl or cyclic N) is 1. The predicted octanol–water partition coefficient (Wildman–Crippen LogP) is 1.30. The lowest BCUT2D eigenvalue weighted by Gasteiger charge is -2.15. The maximum atomic E-state index is 11.5. The maximum absolute atomic E-state index is 11.5. The second kappa shape index (κ2) is 4.46. The summed E-state index contributed by atoms with van der Waals surface area (Å²) in [6.45, 7) is 1.16. The van der Waals surface area contributed by atoms with Crippen molar-refractivity contribution >= 4 is 16.8 Å². The zero-order chi connectivity index (χ0) is 12.5. The topological polar surface area (TPSA) is 56.3 Å². The van der Waals surface area contributed by atoms with Crippen molar-refractivity contribution in [1.29, 1.82) is 0 Å². The number of nitrogens with one attached hydrogen (secondary N) is 1. The van der Waals surface area contributed by atoms with Crippen molar-refractivity contribution in [2.45, 2.75) is 18.9 Å². The van der Waals surface area contributed by atoms with Crippen molar-refractivity contribution in [3.05, 3.63) is 36.0 Å². The summed E-state index contributed by atoms with van der Waals surface area (Å²) in [5.74, 6) is 0.0588. The van der Waals surface area contributed by atoms with Gasteiger partial charge in [0.15, 0.2) is 0 Å². The molecule has 0 aliphatic carbocycles. The van der Waals surface area contributed by atoms with Crippen molar-refractivity contribution < 1.29 is 9.90 Å². The number of carbonyl (C=O) groups is 1. The van der Waals surface area contributed by atoms with Crippen molar-refractivity contribution in [1.82, 2.24) is 9.88 Å². The molecule has 0 bridgehead atoms. The van der Waals surface area contributed by atoms with Crippen LogP contribution in [0.3, 0.4) is 0 Å². The van der Waals surface area contributed by atoms with E-state index in [1.165, 1.54) is 10.9 Å². The lowest BCUT2D eigenvalue weighted by atomic mass is 10.1. The van der Waals surface area contributed by atoms with Gasteiger partial charge in [0.1, 0.15) is 0 Å². The van der Waals surface area contributed by atoms with Gasteiger partial charge >= 0.3 is 0 Å². The summed E-state index contributed by atoms with van der Waals surface area (Å²) in [4.78, 5) is 16.5. The fourth-order valence-corrected chi connectivity index (χ4v) is 2.48. The predicted molar refractivity (Wildman–Crippen MR) is 69.2 cm³/mol. The first-order valence-electron chi connectivity index (χ1n) is 6.24. The molecule has 1 aliphatic rings. The van der Waals surface area contributed by atoms with Crippen LogP contribution in [0, 0.1) is 0 Å². The molecule has 3 rings (SSSR count). The average molecular weight is 244 g/mol. The van der Waals surface area contributed by atoms with Gasteiger partial charge in [-0.15, -0.1) is 0 Å². The van der Waals surface area contributed by atoms with Crippen LogP contribution in [0.2, 0.25) is 0 Å². The monoisotopic (exact) mass is 244 g/mol. The highest BCUT2D eigenvalue weighted by atomic mass is 16.3. The zero-order valence-electron chi connectivity index (χ0n) is 10.1. The minimum Gasteiger partial charge on any atom is -0.391 e. The zero-order valence-corrected chi connectivity index (χ0v) is 10.1. The summed E-state index contributed by atoms with van der Waals surface area (Å²) in [5, 5.41) is 10.6. The Morgan fingerprint density at radius 1 is 1.39 bits per heavy atom. The minimum absolute atomic E-state index is 0.0588. The van der Waals surface area contributed by atoms with Gasteiger partial charge in [-0.1, -0.05) is 12.1 Å².